The molecule has 1 N–H and O–H groups in total. The fourth-order valence-corrected chi connectivity index (χ4v) is 2.67. The van der Waals surface area contributed by atoms with Crippen molar-refractivity contribution < 1.29 is 4.79 Å². The Balaban J connectivity index is 1.95. The first-order valence-electron chi connectivity index (χ1n) is 7.38. The van der Waals surface area contributed by atoms with Gasteiger partial charge in [-0.3, -0.25) is 9.59 Å². The Bertz CT molecular complexity index is 992. The molecule has 1 aromatic heterocycles. The van der Waals surface area contributed by atoms with Gasteiger partial charge in [0.25, 0.3) is 5.56 Å². The Labute approximate surface area is 144 Å². The van der Waals surface area contributed by atoms with Crippen molar-refractivity contribution in [2.45, 2.75) is 6.54 Å². The summed E-state index contributed by atoms with van der Waals surface area (Å²) in [5.74, 6) is -0.336. The Morgan fingerprint density at radius 2 is 2.00 bits per heavy atom. The topological polar surface area (TPSA) is 51.1 Å². The van der Waals surface area contributed by atoms with Crippen LogP contribution >= 0.6 is 11.6 Å². The van der Waals surface area contributed by atoms with Crippen LogP contribution in [0.3, 0.4) is 0 Å². The van der Waals surface area contributed by atoms with Crippen molar-refractivity contribution in [2.75, 3.05) is 5.32 Å². The molecule has 24 heavy (non-hydrogen) atoms. The van der Waals surface area contributed by atoms with Gasteiger partial charge in [0.1, 0.15) is 0 Å². The lowest BCUT2D eigenvalue weighted by Crippen LogP contribution is -2.20. The van der Waals surface area contributed by atoms with Crippen LogP contribution in [0, 0.1) is 0 Å². The summed E-state index contributed by atoms with van der Waals surface area (Å²) >= 11 is 6.09. The van der Waals surface area contributed by atoms with Crippen molar-refractivity contribution in [3.8, 4) is 0 Å². The number of nitrogens with one attached hydrogen (secondary N) is 1. The third-order valence-corrected chi connectivity index (χ3v) is 4.04. The van der Waals surface area contributed by atoms with Crippen molar-refractivity contribution in [3.63, 3.8) is 0 Å². The second kappa shape index (κ2) is 6.72. The van der Waals surface area contributed by atoms with Crippen LogP contribution in [0.2, 0.25) is 5.02 Å². The van der Waals surface area contributed by atoms with Crippen molar-refractivity contribution in [1.82, 2.24) is 4.57 Å². The maximum atomic E-state index is 12.6. The Hall–Kier alpha value is -2.85. The number of hydrogen-bond acceptors (Lipinski definition) is 2. The molecule has 0 aliphatic carbocycles. The number of fused-ring (bicyclic) bond motifs is 1. The van der Waals surface area contributed by atoms with Crippen molar-refractivity contribution in [3.05, 3.63) is 88.3 Å². The average molecular weight is 339 g/mol. The molecule has 0 aliphatic rings. The van der Waals surface area contributed by atoms with Crippen LogP contribution in [-0.2, 0) is 11.3 Å². The number of benzene rings is 2. The second-order valence-corrected chi connectivity index (χ2v) is 5.75. The third-order valence-electron chi connectivity index (χ3n) is 3.71. The number of aromatic nitrogens is 1. The fraction of sp³-hybridized carbons (Fsp3) is 0.0526. The quantitative estimate of drug-likeness (QED) is 0.735. The Morgan fingerprint density at radius 3 is 2.79 bits per heavy atom. The standard InChI is InChI=1S/C19H15ClN2O2/c1-2-18(23)21-17-11-13(7-8-16(17)20)12-22-10-9-14-5-3-4-6-15(14)19(22)24/h2-11H,1,12H2,(H,21,23). The van der Waals surface area contributed by atoms with Gasteiger partial charge in [0.2, 0.25) is 5.91 Å². The summed E-state index contributed by atoms with van der Waals surface area (Å²) in [5, 5.41) is 4.67. The van der Waals surface area contributed by atoms with Crippen molar-refractivity contribution >= 4 is 34.0 Å². The second-order valence-electron chi connectivity index (χ2n) is 5.34. The van der Waals surface area contributed by atoms with Gasteiger partial charge in [-0.25, -0.2) is 0 Å². The number of anilines is 1. The molecule has 0 spiro atoms. The van der Waals surface area contributed by atoms with E-state index < -0.39 is 0 Å². The molecule has 3 rings (SSSR count). The first-order chi connectivity index (χ1) is 11.6. The predicted octanol–water partition coefficient (Wildman–Crippen LogP) is 3.83. The van der Waals surface area contributed by atoms with Crippen LogP contribution < -0.4 is 10.9 Å². The van der Waals surface area contributed by atoms with E-state index in [0.29, 0.717) is 22.6 Å². The number of rotatable bonds is 4. The van der Waals surface area contributed by atoms with E-state index >= 15 is 0 Å². The number of halogens is 1. The predicted molar refractivity (Wildman–Crippen MR) is 97.6 cm³/mol. The molecule has 4 nitrogen and oxygen atoms in total. The lowest BCUT2D eigenvalue weighted by molar-refractivity contribution is -0.111. The first-order valence-corrected chi connectivity index (χ1v) is 7.76. The fourth-order valence-electron chi connectivity index (χ4n) is 2.50. The molecule has 1 heterocycles. The summed E-state index contributed by atoms with van der Waals surface area (Å²) in [7, 11) is 0. The molecule has 0 saturated heterocycles. The summed E-state index contributed by atoms with van der Waals surface area (Å²) in [6.07, 6.45) is 2.94. The molecular weight excluding hydrogens is 324 g/mol. The van der Waals surface area contributed by atoms with Gasteiger partial charge < -0.3 is 9.88 Å². The van der Waals surface area contributed by atoms with Gasteiger partial charge in [-0.1, -0.05) is 42.4 Å². The van der Waals surface area contributed by atoms with Crippen LogP contribution in [0.5, 0.6) is 0 Å². The lowest BCUT2D eigenvalue weighted by Gasteiger charge is -2.10. The zero-order valence-corrected chi connectivity index (χ0v) is 13.6. The summed E-state index contributed by atoms with van der Waals surface area (Å²) in [4.78, 5) is 24.0. The molecule has 0 radical (unpaired) electrons. The number of carbonyl (C=O) groups is 1. The monoisotopic (exact) mass is 338 g/mol. The molecular formula is C19H15ClN2O2. The Kier molecular flexibility index (Phi) is 4.49. The van der Waals surface area contributed by atoms with Gasteiger partial charge >= 0.3 is 0 Å². The normalized spacial score (nSPS) is 10.5. The lowest BCUT2D eigenvalue weighted by atomic mass is 10.1. The number of hydrogen-bond donors (Lipinski definition) is 1. The van der Waals surface area contributed by atoms with E-state index in [-0.39, 0.29) is 11.5 Å². The van der Waals surface area contributed by atoms with Crippen LogP contribution in [0.1, 0.15) is 5.56 Å². The van der Waals surface area contributed by atoms with Crippen LogP contribution in [0.15, 0.2) is 72.2 Å². The van der Waals surface area contributed by atoms with Crippen LogP contribution in [0.4, 0.5) is 5.69 Å². The molecule has 0 aliphatic heterocycles. The highest BCUT2D eigenvalue weighted by Gasteiger charge is 2.07. The molecule has 2 aromatic carbocycles. The zero-order valence-electron chi connectivity index (χ0n) is 12.8. The molecule has 3 aromatic rings. The van der Waals surface area contributed by atoms with E-state index in [4.69, 9.17) is 11.6 Å². The van der Waals surface area contributed by atoms with E-state index in [1.54, 1.807) is 22.9 Å². The molecule has 5 heteroatoms. The van der Waals surface area contributed by atoms with Crippen molar-refractivity contribution in [2.24, 2.45) is 0 Å². The minimum Gasteiger partial charge on any atom is -0.321 e. The highest BCUT2D eigenvalue weighted by Crippen LogP contribution is 2.23. The van der Waals surface area contributed by atoms with Gasteiger partial charge in [0, 0.05) is 11.6 Å². The number of nitrogens with zero attached hydrogens (tertiary/aromatic N) is 1. The minimum atomic E-state index is -0.336. The van der Waals surface area contributed by atoms with Gasteiger partial charge in [0.15, 0.2) is 0 Å². The van der Waals surface area contributed by atoms with E-state index in [9.17, 15) is 9.59 Å². The van der Waals surface area contributed by atoms with E-state index in [0.717, 1.165) is 10.9 Å². The van der Waals surface area contributed by atoms with Gasteiger partial charge in [-0.05, 0) is 41.3 Å². The molecule has 0 bridgehead atoms. The Morgan fingerprint density at radius 1 is 1.21 bits per heavy atom. The maximum absolute atomic E-state index is 12.6. The SMILES string of the molecule is C=CC(=O)Nc1cc(Cn2ccc3ccccc3c2=O)ccc1Cl. The van der Waals surface area contributed by atoms with Crippen LogP contribution in [-0.4, -0.2) is 10.5 Å². The molecule has 0 fully saturated rings. The number of amides is 1. The highest BCUT2D eigenvalue weighted by molar-refractivity contribution is 6.33. The van der Waals surface area contributed by atoms with E-state index in [1.165, 1.54) is 6.08 Å². The number of carbonyl (C=O) groups excluding carboxylic acids is 1. The molecule has 0 saturated carbocycles. The summed E-state index contributed by atoms with van der Waals surface area (Å²) < 4.78 is 1.63. The maximum Gasteiger partial charge on any atom is 0.258 e. The first kappa shape index (κ1) is 16.0. The summed E-state index contributed by atoms with van der Waals surface area (Å²) in [5.41, 5.74) is 1.30. The molecule has 0 unspecified atom stereocenters. The third kappa shape index (κ3) is 3.24. The van der Waals surface area contributed by atoms with E-state index in [1.807, 2.05) is 36.4 Å². The summed E-state index contributed by atoms with van der Waals surface area (Å²) in [6.45, 7) is 3.80. The zero-order chi connectivity index (χ0) is 17.1. The van der Waals surface area contributed by atoms with E-state index in [2.05, 4.69) is 11.9 Å². The van der Waals surface area contributed by atoms with Gasteiger partial charge in [-0.2, -0.15) is 0 Å². The smallest absolute Gasteiger partial charge is 0.258 e. The highest BCUT2D eigenvalue weighted by atomic mass is 35.5. The van der Waals surface area contributed by atoms with Crippen molar-refractivity contribution in [1.29, 1.82) is 0 Å². The average Bonchev–Trinajstić information content (AvgIpc) is 2.60. The van der Waals surface area contributed by atoms with Gasteiger partial charge in [-0.15, -0.1) is 0 Å². The van der Waals surface area contributed by atoms with Crippen LogP contribution in [0.25, 0.3) is 10.8 Å². The molecule has 1 amide bonds. The molecule has 0 atom stereocenters. The summed E-state index contributed by atoms with van der Waals surface area (Å²) in [6, 6.07) is 14.7. The molecule has 120 valence electrons. The van der Waals surface area contributed by atoms with Gasteiger partial charge in [0.05, 0.1) is 17.3 Å². The number of pyridine rings is 1. The minimum absolute atomic E-state index is 0.0558. The largest absolute Gasteiger partial charge is 0.321 e.